The van der Waals surface area contributed by atoms with Crippen LogP contribution in [0.4, 0.5) is 4.39 Å². The molecule has 1 aromatic rings. The van der Waals surface area contributed by atoms with Crippen LogP contribution in [0.25, 0.3) is 0 Å². The third-order valence-corrected chi connectivity index (χ3v) is 3.76. The fourth-order valence-electron chi connectivity index (χ4n) is 2.62. The molecule has 0 N–H and O–H groups in total. The number of methoxy groups -OCH3 is 1. The van der Waals surface area contributed by atoms with Gasteiger partial charge in [0.05, 0.1) is 12.3 Å². The van der Waals surface area contributed by atoms with Crippen LogP contribution in [-0.4, -0.2) is 48.5 Å². The number of ether oxygens (including phenoxy) is 1. The van der Waals surface area contributed by atoms with Gasteiger partial charge in [0.2, 0.25) is 0 Å². The van der Waals surface area contributed by atoms with Gasteiger partial charge in [0.15, 0.2) is 5.78 Å². The maximum absolute atomic E-state index is 12.8. The quantitative estimate of drug-likeness (QED) is 0.775. The van der Waals surface area contributed by atoms with Crippen LogP contribution in [0, 0.1) is 11.7 Å². The molecule has 2 rings (SSSR count). The van der Waals surface area contributed by atoms with Crippen molar-refractivity contribution in [1.29, 1.82) is 0 Å². The van der Waals surface area contributed by atoms with E-state index in [0.29, 0.717) is 12.2 Å². The number of likely N-dealkylation sites (tertiary alicyclic amines) is 1. The van der Waals surface area contributed by atoms with Crippen LogP contribution in [0.3, 0.4) is 0 Å². The molecular weight excluding hydrogens is 259 g/mol. The summed E-state index contributed by atoms with van der Waals surface area (Å²) in [5.74, 6) is -0.610. The third kappa shape index (κ3) is 3.84. The molecule has 0 amide bonds. The first-order valence-electron chi connectivity index (χ1n) is 7.01. The summed E-state index contributed by atoms with van der Waals surface area (Å²) in [7, 11) is 1.73. The Morgan fingerprint density at radius 2 is 2.40 bits per heavy atom. The summed E-state index contributed by atoms with van der Waals surface area (Å²) >= 11 is 0. The lowest BCUT2D eigenvalue weighted by Gasteiger charge is -2.33. The number of ketones is 1. The van der Waals surface area contributed by atoms with Crippen LogP contribution < -0.4 is 0 Å². The largest absolute Gasteiger partial charge is 0.380 e. The highest BCUT2D eigenvalue weighted by Gasteiger charge is 2.24. The predicted molar refractivity (Wildman–Crippen MR) is 74.2 cm³/mol. The lowest BCUT2D eigenvalue weighted by atomic mass is 10.0. The van der Waals surface area contributed by atoms with Crippen molar-refractivity contribution >= 4 is 5.78 Å². The Balaban J connectivity index is 1.92. The highest BCUT2D eigenvalue weighted by molar-refractivity contribution is 5.95. The second-order valence-electron chi connectivity index (χ2n) is 5.39. The second-order valence-corrected chi connectivity index (χ2v) is 5.39. The molecule has 0 bridgehead atoms. The molecule has 0 saturated carbocycles. The molecule has 1 saturated heterocycles. The number of nitrogens with zero attached hydrogens (tertiary/aromatic N) is 2. The van der Waals surface area contributed by atoms with Crippen molar-refractivity contribution < 1.29 is 13.9 Å². The summed E-state index contributed by atoms with van der Waals surface area (Å²) in [6, 6.07) is 2.72. The maximum atomic E-state index is 12.8. The molecule has 4 nitrogen and oxygen atoms in total. The molecule has 0 aromatic carbocycles. The van der Waals surface area contributed by atoms with Crippen molar-refractivity contribution in [2.24, 2.45) is 5.92 Å². The predicted octanol–water partition coefficient (Wildman–Crippen LogP) is 2.15. The van der Waals surface area contributed by atoms with Gasteiger partial charge in [0, 0.05) is 26.1 Å². The second kappa shape index (κ2) is 6.90. The highest BCUT2D eigenvalue weighted by atomic mass is 19.1. The van der Waals surface area contributed by atoms with Gasteiger partial charge in [-0.15, -0.1) is 0 Å². The zero-order valence-electron chi connectivity index (χ0n) is 12.0. The fourth-order valence-corrected chi connectivity index (χ4v) is 2.62. The van der Waals surface area contributed by atoms with E-state index in [1.165, 1.54) is 12.1 Å². The first kappa shape index (κ1) is 15.1. The van der Waals surface area contributed by atoms with Gasteiger partial charge in [-0.1, -0.05) is 6.92 Å². The number of carbonyl (C=O) groups is 1. The normalized spacial score (nSPS) is 21.6. The number of hydrogen-bond acceptors (Lipinski definition) is 4. The Labute approximate surface area is 118 Å². The van der Waals surface area contributed by atoms with E-state index in [1.807, 2.05) is 6.92 Å². The molecule has 1 aromatic heterocycles. The average Bonchev–Trinajstić information content (AvgIpc) is 2.47. The van der Waals surface area contributed by atoms with Crippen molar-refractivity contribution in [2.75, 3.05) is 26.7 Å². The van der Waals surface area contributed by atoms with Crippen LogP contribution >= 0.6 is 0 Å². The minimum atomic E-state index is -0.423. The number of rotatable bonds is 5. The minimum Gasteiger partial charge on any atom is -0.380 e. The molecule has 2 unspecified atom stereocenters. The molecule has 110 valence electrons. The zero-order valence-corrected chi connectivity index (χ0v) is 12.0. The summed E-state index contributed by atoms with van der Waals surface area (Å²) in [4.78, 5) is 18.3. The first-order chi connectivity index (χ1) is 9.60. The molecular formula is C15H21FN2O2. The van der Waals surface area contributed by atoms with E-state index in [1.54, 1.807) is 7.11 Å². The average molecular weight is 280 g/mol. The van der Waals surface area contributed by atoms with Gasteiger partial charge >= 0.3 is 0 Å². The maximum Gasteiger partial charge on any atom is 0.185 e. The number of Topliss-reactive ketones (excluding diaryl/α,β-unsaturated/α-hetero) is 1. The van der Waals surface area contributed by atoms with Crippen LogP contribution in [0.2, 0.25) is 0 Å². The van der Waals surface area contributed by atoms with Crippen LogP contribution in [0.15, 0.2) is 18.3 Å². The van der Waals surface area contributed by atoms with E-state index in [0.717, 1.165) is 32.1 Å². The number of carbonyl (C=O) groups excluding carboxylic acids is 1. The summed E-state index contributed by atoms with van der Waals surface area (Å²) < 4.78 is 18.2. The molecule has 1 fully saturated rings. The Hall–Kier alpha value is -1.33. The van der Waals surface area contributed by atoms with Gasteiger partial charge < -0.3 is 9.64 Å². The van der Waals surface area contributed by atoms with Gasteiger partial charge in [0.1, 0.15) is 11.5 Å². The van der Waals surface area contributed by atoms with E-state index in [4.69, 9.17) is 4.74 Å². The van der Waals surface area contributed by atoms with Crippen molar-refractivity contribution in [1.82, 2.24) is 9.88 Å². The van der Waals surface area contributed by atoms with Gasteiger partial charge in [-0.2, -0.15) is 0 Å². The standard InChI is InChI=1S/C15H21FN2O2/c1-11(9-18-7-3-4-13(10-18)20-2)15(19)14-6-5-12(16)8-17-14/h5-6,8,11,13H,3-4,7,9-10H2,1-2H3. The van der Waals surface area contributed by atoms with Gasteiger partial charge in [0.25, 0.3) is 0 Å². The van der Waals surface area contributed by atoms with Gasteiger partial charge in [-0.25, -0.2) is 4.39 Å². The molecule has 0 spiro atoms. The van der Waals surface area contributed by atoms with Crippen LogP contribution in [0.1, 0.15) is 30.3 Å². The fraction of sp³-hybridized carbons (Fsp3) is 0.600. The Kier molecular flexibility index (Phi) is 5.20. The monoisotopic (exact) mass is 280 g/mol. The number of aromatic nitrogens is 1. The molecule has 2 heterocycles. The molecule has 2 atom stereocenters. The van der Waals surface area contributed by atoms with E-state index in [2.05, 4.69) is 9.88 Å². The van der Waals surface area contributed by atoms with Crippen LogP contribution in [0.5, 0.6) is 0 Å². The zero-order chi connectivity index (χ0) is 14.5. The summed E-state index contributed by atoms with van der Waals surface area (Å²) in [6.45, 7) is 4.45. The lowest BCUT2D eigenvalue weighted by molar-refractivity contribution is 0.0265. The molecule has 0 aliphatic carbocycles. The molecule has 5 heteroatoms. The summed E-state index contributed by atoms with van der Waals surface area (Å²) in [5.41, 5.74) is 0.333. The van der Waals surface area contributed by atoms with Gasteiger partial charge in [-0.3, -0.25) is 9.78 Å². The number of piperidine rings is 1. The van der Waals surface area contributed by atoms with E-state index in [-0.39, 0.29) is 17.8 Å². The lowest BCUT2D eigenvalue weighted by Crippen LogP contribution is -2.42. The Morgan fingerprint density at radius 1 is 1.60 bits per heavy atom. The summed E-state index contributed by atoms with van der Waals surface area (Å²) in [5, 5.41) is 0. The van der Waals surface area contributed by atoms with Crippen molar-refractivity contribution in [3.8, 4) is 0 Å². The van der Waals surface area contributed by atoms with Crippen molar-refractivity contribution in [2.45, 2.75) is 25.9 Å². The number of pyridine rings is 1. The molecule has 1 aliphatic rings. The molecule has 1 aliphatic heterocycles. The first-order valence-corrected chi connectivity index (χ1v) is 7.01. The SMILES string of the molecule is COC1CCCN(CC(C)C(=O)c2ccc(F)cn2)C1. The van der Waals surface area contributed by atoms with Crippen molar-refractivity contribution in [3.63, 3.8) is 0 Å². The topological polar surface area (TPSA) is 42.4 Å². The van der Waals surface area contributed by atoms with Gasteiger partial charge in [-0.05, 0) is 31.5 Å². The van der Waals surface area contributed by atoms with E-state index in [9.17, 15) is 9.18 Å². The molecule has 0 radical (unpaired) electrons. The third-order valence-electron chi connectivity index (χ3n) is 3.76. The Morgan fingerprint density at radius 3 is 3.05 bits per heavy atom. The summed E-state index contributed by atoms with van der Waals surface area (Å²) in [6.07, 6.45) is 3.51. The number of hydrogen-bond donors (Lipinski definition) is 0. The smallest absolute Gasteiger partial charge is 0.185 e. The van der Waals surface area contributed by atoms with E-state index >= 15 is 0 Å². The minimum absolute atomic E-state index is 0.0375. The highest BCUT2D eigenvalue weighted by Crippen LogP contribution is 2.16. The Bertz CT molecular complexity index is 450. The van der Waals surface area contributed by atoms with Crippen molar-refractivity contribution in [3.05, 3.63) is 29.8 Å². The van der Waals surface area contributed by atoms with E-state index < -0.39 is 5.82 Å². The molecule has 20 heavy (non-hydrogen) atoms. The number of halogens is 1. The van der Waals surface area contributed by atoms with Crippen LogP contribution in [-0.2, 0) is 4.74 Å².